The van der Waals surface area contributed by atoms with Crippen molar-refractivity contribution in [2.45, 2.75) is 4.90 Å². The molecule has 0 saturated carbocycles. The van der Waals surface area contributed by atoms with Gasteiger partial charge in [-0.1, -0.05) is 18.2 Å². The lowest BCUT2D eigenvalue weighted by atomic mass is 10.2. The molecule has 0 bridgehead atoms. The van der Waals surface area contributed by atoms with Crippen molar-refractivity contribution in [3.05, 3.63) is 78.4 Å². The molecule has 178 valence electrons. The van der Waals surface area contributed by atoms with E-state index in [4.69, 9.17) is 14.2 Å². The molecule has 1 amide bonds. The Morgan fingerprint density at radius 1 is 0.912 bits per heavy atom. The highest BCUT2D eigenvalue weighted by Gasteiger charge is 2.27. The first-order valence-corrected chi connectivity index (χ1v) is 11.6. The molecule has 0 aliphatic heterocycles. The van der Waals surface area contributed by atoms with E-state index in [0.29, 0.717) is 28.5 Å². The number of ether oxygens (including phenoxy) is 3. The van der Waals surface area contributed by atoms with Crippen LogP contribution in [0.4, 0.5) is 5.69 Å². The number of hydrazone groups is 1. The molecule has 10 heteroatoms. The quantitative estimate of drug-likeness (QED) is 0.351. The summed E-state index contributed by atoms with van der Waals surface area (Å²) in [5.41, 5.74) is 3.37. The van der Waals surface area contributed by atoms with Gasteiger partial charge in [-0.3, -0.25) is 9.10 Å². The van der Waals surface area contributed by atoms with Gasteiger partial charge in [0.25, 0.3) is 15.9 Å². The van der Waals surface area contributed by atoms with Crippen LogP contribution in [-0.4, -0.2) is 48.4 Å². The fourth-order valence-corrected chi connectivity index (χ4v) is 4.48. The number of hydrogen-bond donors (Lipinski definition) is 1. The molecule has 0 atom stereocenters. The van der Waals surface area contributed by atoms with Crippen molar-refractivity contribution in [1.82, 2.24) is 5.43 Å². The molecule has 34 heavy (non-hydrogen) atoms. The van der Waals surface area contributed by atoms with E-state index in [1.807, 2.05) is 0 Å². The van der Waals surface area contributed by atoms with Crippen LogP contribution in [0.3, 0.4) is 0 Å². The van der Waals surface area contributed by atoms with E-state index in [1.54, 1.807) is 60.7 Å². The Kier molecular flexibility index (Phi) is 8.10. The summed E-state index contributed by atoms with van der Waals surface area (Å²) in [5.74, 6) is 0.981. The zero-order chi connectivity index (χ0) is 24.6. The number of rotatable bonds is 10. The van der Waals surface area contributed by atoms with Gasteiger partial charge in [0, 0.05) is 0 Å². The van der Waals surface area contributed by atoms with Crippen molar-refractivity contribution in [3.63, 3.8) is 0 Å². The summed E-state index contributed by atoms with van der Waals surface area (Å²) in [5, 5.41) is 3.94. The van der Waals surface area contributed by atoms with Crippen LogP contribution in [0.15, 0.2) is 82.8 Å². The first-order chi connectivity index (χ1) is 16.4. The topological polar surface area (TPSA) is 107 Å². The average molecular weight is 484 g/mol. The molecule has 0 aliphatic carbocycles. The van der Waals surface area contributed by atoms with Crippen molar-refractivity contribution in [2.24, 2.45) is 5.10 Å². The lowest BCUT2D eigenvalue weighted by Gasteiger charge is -2.23. The number of carbonyl (C=O) groups is 1. The number of methoxy groups -OCH3 is 3. The van der Waals surface area contributed by atoms with E-state index in [1.165, 1.54) is 39.7 Å². The zero-order valence-electron chi connectivity index (χ0n) is 19.0. The minimum atomic E-state index is -4.03. The number of para-hydroxylation sites is 1. The number of amides is 1. The van der Waals surface area contributed by atoms with Crippen molar-refractivity contribution in [1.29, 1.82) is 0 Å². The summed E-state index contributed by atoms with van der Waals surface area (Å²) in [7, 11) is 0.507. The molecule has 0 heterocycles. The van der Waals surface area contributed by atoms with Gasteiger partial charge in [-0.15, -0.1) is 0 Å². The maximum absolute atomic E-state index is 13.3. The highest BCUT2D eigenvalue weighted by Crippen LogP contribution is 2.27. The second-order valence-corrected chi connectivity index (χ2v) is 8.79. The molecule has 0 saturated heterocycles. The maximum atomic E-state index is 13.3. The largest absolute Gasteiger partial charge is 0.497 e. The Balaban J connectivity index is 1.79. The molecule has 3 aromatic carbocycles. The van der Waals surface area contributed by atoms with E-state index in [0.717, 1.165) is 4.31 Å². The predicted octanol–water partition coefficient (Wildman–Crippen LogP) is 3.06. The predicted molar refractivity (Wildman–Crippen MR) is 129 cm³/mol. The van der Waals surface area contributed by atoms with Crippen LogP contribution in [0.25, 0.3) is 0 Å². The van der Waals surface area contributed by atoms with E-state index in [2.05, 4.69) is 10.5 Å². The van der Waals surface area contributed by atoms with Gasteiger partial charge in [0.2, 0.25) is 0 Å². The van der Waals surface area contributed by atoms with Crippen molar-refractivity contribution in [3.8, 4) is 17.2 Å². The molecule has 3 rings (SSSR count). The fraction of sp³-hybridized carbons (Fsp3) is 0.167. The van der Waals surface area contributed by atoms with E-state index in [-0.39, 0.29) is 4.90 Å². The third-order valence-corrected chi connectivity index (χ3v) is 6.58. The Bertz CT molecular complexity index is 1250. The molecule has 0 aromatic heterocycles. The number of carbonyl (C=O) groups excluding carboxylic acids is 1. The molecule has 0 aliphatic rings. The standard InChI is InChI=1S/C24H25N3O6S/c1-31-20-10-12-21(13-11-20)34(29,30)27(19-7-5-4-6-8-19)17-24(28)26-25-16-18-9-14-22(32-2)23(15-18)33-3/h4-16H,17H2,1-3H3,(H,26,28)/b25-16-. The highest BCUT2D eigenvalue weighted by molar-refractivity contribution is 7.92. The third kappa shape index (κ3) is 5.84. The molecule has 0 unspecified atom stereocenters. The van der Waals surface area contributed by atoms with Gasteiger partial charge in [0.05, 0.1) is 38.1 Å². The van der Waals surface area contributed by atoms with Crippen LogP contribution in [-0.2, 0) is 14.8 Å². The Hall–Kier alpha value is -4.05. The van der Waals surface area contributed by atoms with Gasteiger partial charge in [-0.2, -0.15) is 5.10 Å². The number of sulfonamides is 1. The SMILES string of the molecule is COc1ccc(S(=O)(=O)N(CC(=O)N/N=C\c2ccc(OC)c(OC)c2)c2ccccc2)cc1. The van der Waals surface area contributed by atoms with E-state index < -0.39 is 22.5 Å². The van der Waals surface area contributed by atoms with Gasteiger partial charge in [0.15, 0.2) is 11.5 Å². The minimum absolute atomic E-state index is 0.0267. The average Bonchev–Trinajstić information content (AvgIpc) is 2.87. The number of hydrogen-bond acceptors (Lipinski definition) is 7. The molecule has 0 spiro atoms. The second kappa shape index (κ2) is 11.2. The van der Waals surface area contributed by atoms with Gasteiger partial charge in [0.1, 0.15) is 12.3 Å². The van der Waals surface area contributed by atoms with Crippen LogP contribution < -0.4 is 23.9 Å². The monoisotopic (exact) mass is 483 g/mol. The zero-order valence-corrected chi connectivity index (χ0v) is 19.8. The summed E-state index contributed by atoms with van der Waals surface area (Å²) >= 11 is 0. The summed E-state index contributed by atoms with van der Waals surface area (Å²) in [6.45, 7) is -0.471. The van der Waals surface area contributed by atoms with Crippen LogP contribution in [0.1, 0.15) is 5.56 Å². The maximum Gasteiger partial charge on any atom is 0.264 e. The Labute approximate surface area is 198 Å². The van der Waals surface area contributed by atoms with Crippen LogP contribution in [0.5, 0.6) is 17.2 Å². The molecule has 1 N–H and O–H groups in total. The summed E-state index contributed by atoms with van der Waals surface area (Å²) in [6, 6.07) is 19.5. The summed E-state index contributed by atoms with van der Waals surface area (Å²) in [4.78, 5) is 12.6. The van der Waals surface area contributed by atoms with Crippen LogP contribution in [0, 0.1) is 0 Å². The lowest BCUT2D eigenvalue weighted by Crippen LogP contribution is -2.39. The van der Waals surface area contributed by atoms with Gasteiger partial charge in [-0.05, 0) is 60.2 Å². The van der Waals surface area contributed by atoms with Crippen LogP contribution in [0.2, 0.25) is 0 Å². The summed E-state index contributed by atoms with van der Waals surface area (Å²) < 4.78 is 43.2. The van der Waals surface area contributed by atoms with Gasteiger partial charge >= 0.3 is 0 Å². The first kappa shape index (κ1) is 24.6. The van der Waals surface area contributed by atoms with Crippen molar-refractivity contribution < 1.29 is 27.4 Å². The smallest absolute Gasteiger partial charge is 0.264 e. The number of anilines is 1. The number of nitrogens with zero attached hydrogens (tertiary/aromatic N) is 2. The van der Waals surface area contributed by atoms with Crippen molar-refractivity contribution in [2.75, 3.05) is 32.2 Å². The first-order valence-electron chi connectivity index (χ1n) is 10.1. The van der Waals surface area contributed by atoms with Crippen molar-refractivity contribution >= 4 is 27.8 Å². The number of benzene rings is 3. The van der Waals surface area contributed by atoms with Crippen LogP contribution >= 0.6 is 0 Å². The fourth-order valence-electron chi connectivity index (χ4n) is 3.06. The molecule has 9 nitrogen and oxygen atoms in total. The lowest BCUT2D eigenvalue weighted by molar-refractivity contribution is -0.119. The summed E-state index contributed by atoms with van der Waals surface area (Å²) in [6.07, 6.45) is 1.42. The molecule has 0 fully saturated rings. The normalized spacial score (nSPS) is 11.1. The van der Waals surface area contributed by atoms with Gasteiger partial charge < -0.3 is 14.2 Å². The minimum Gasteiger partial charge on any atom is -0.497 e. The Morgan fingerprint density at radius 2 is 1.59 bits per heavy atom. The number of nitrogens with one attached hydrogen (secondary N) is 1. The highest BCUT2D eigenvalue weighted by atomic mass is 32.2. The molecular formula is C24H25N3O6S. The molecule has 0 radical (unpaired) electrons. The van der Waals surface area contributed by atoms with E-state index in [9.17, 15) is 13.2 Å². The third-order valence-electron chi connectivity index (χ3n) is 4.79. The second-order valence-electron chi connectivity index (χ2n) is 6.93. The molecule has 3 aromatic rings. The Morgan fingerprint density at radius 3 is 2.21 bits per heavy atom. The van der Waals surface area contributed by atoms with E-state index >= 15 is 0 Å². The van der Waals surface area contributed by atoms with Gasteiger partial charge in [-0.25, -0.2) is 13.8 Å². The molecular weight excluding hydrogens is 458 g/mol.